The van der Waals surface area contributed by atoms with Crippen LogP contribution in [0.3, 0.4) is 0 Å². The van der Waals surface area contributed by atoms with Gasteiger partial charge in [-0.15, -0.1) is 0 Å². The van der Waals surface area contributed by atoms with E-state index in [-0.39, 0.29) is 37.4 Å². The number of carbonyl (C=O) groups is 2. The summed E-state index contributed by atoms with van der Waals surface area (Å²) in [6.07, 6.45) is 8.20. The van der Waals surface area contributed by atoms with Gasteiger partial charge in [0.15, 0.2) is 0 Å². The molecule has 2 amide bonds. The summed E-state index contributed by atoms with van der Waals surface area (Å²) in [5.41, 5.74) is 1.84. The molecule has 0 spiro atoms. The van der Waals surface area contributed by atoms with Crippen LogP contribution in [-0.2, 0) is 22.7 Å². The second-order valence-electron chi connectivity index (χ2n) is 10.6. The molecule has 1 aliphatic carbocycles. The van der Waals surface area contributed by atoms with E-state index in [1.54, 1.807) is 41.1 Å². The fourth-order valence-electron chi connectivity index (χ4n) is 5.82. The molecule has 2 heterocycles. The Morgan fingerprint density at radius 3 is 2.36 bits per heavy atom. The van der Waals surface area contributed by atoms with E-state index in [4.69, 9.17) is 0 Å². The highest BCUT2D eigenvalue weighted by Gasteiger charge is 2.24. The molecular formula is C31H36N4O4. The number of benzene rings is 2. The molecule has 1 aliphatic heterocycles. The molecule has 0 radical (unpaired) electrons. The van der Waals surface area contributed by atoms with Crippen LogP contribution in [0.5, 0.6) is 0 Å². The van der Waals surface area contributed by atoms with Crippen molar-refractivity contribution in [2.75, 3.05) is 20.1 Å². The molecule has 1 saturated carbocycles. The number of amides is 2. The van der Waals surface area contributed by atoms with E-state index in [2.05, 4.69) is 18.2 Å². The molecule has 204 valence electrons. The monoisotopic (exact) mass is 528 g/mol. The highest BCUT2D eigenvalue weighted by Crippen LogP contribution is 2.23. The van der Waals surface area contributed by atoms with E-state index in [0.29, 0.717) is 24.0 Å². The molecule has 0 saturated heterocycles. The summed E-state index contributed by atoms with van der Waals surface area (Å²) >= 11 is 0. The fourth-order valence-corrected chi connectivity index (χ4v) is 5.82. The van der Waals surface area contributed by atoms with Gasteiger partial charge >= 0.3 is 5.69 Å². The van der Waals surface area contributed by atoms with Crippen LogP contribution in [0, 0.1) is 0 Å². The number of nitrogens with zero attached hydrogens (tertiary/aromatic N) is 4. The van der Waals surface area contributed by atoms with Gasteiger partial charge in [0.1, 0.15) is 6.54 Å². The average Bonchev–Trinajstić information content (AvgIpc) is 2.99. The molecular weight excluding hydrogens is 492 g/mol. The molecule has 0 N–H and O–H groups in total. The Morgan fingerprint density at radius 1 is 0.923 bits per heavy atom. The van der Waals surface area contributed by atoms with Crippen LogP contribution in [0.4, 0.5) is 0 Å². The van der Waals surface area contributed by atoms with Crippen LogP contribution in [0.25, 0.3) is 16.5 Å². The highest BCUT2D eigenvalue weighted by atomic mass is 16.2. The predicted octanol–water partition coefficient (Wildman–Crippen LogP) is 3.66. The first-order valence-electron chi connectivity index (χ1n) is 13.9. The van der Waals surface area contributed by atoms with Gasteiger partial charge < -0.3 is 9.80 Å². The lowest BCUT2D eigenvalue weighted by Gasteiger charge is -2.31. The third-order valence-corrected chi connectivity index (χ3v) is 8.20. The summed E-state index contributed by atoms with van der Waals surface area (Å²) in [5.74, 6) is -0.248. The summed E-state index contributed by atoms with van der Waals surface area (Å²) in [4.78, 5) is 56.6. The first kappa shape index (κ1) is 26.7. The molecule has 3 aromatic rings. The Morgan fingerprint density at radius 2 is 1.64 bits per heavy atom. The second-order valence-corrected chi connectivity index (χ2v) is 10.6. The standard InChI is InChI=1S/C31H36N4O4/c1-32(25-12-6-3-7-13-25)29(37)22-35-27-15-9-8-14-26(27)30(38)34(31(35)39)21-18-28(36)33-19-16-24(17-20-33)23-10-4-2-5-11-23/h2,4-5,8-11,14-16,25H,3,6-7,12-13,17-22H2,1H3. The van der Waals surface area contributed by atoms with Gasteiger partial charge in [0.05, 0.1) is 10.9 Å². The quantitative estimate of drug-likeness (QED) is 0.469. The number of para-hydroxylation sites is 1. The van der Waals surface area contributed by atoms with Crippen molar-refractivity contribution in [2.45, 2.75) is 64.1 Å². The Bertz CT molecular complexity index is 1500. The predicted molar refractivity (Wildman–Crippen MR) is 152 cm³/mol. The van der Waals surface area contributed by atoms with Gasteiger partial charge in [-0.25, -0.2) is 4.79 Å². The molecule has 1 fully saturated rings. The molecule has 8 nitrogen and oxygen atoms in total. The molecule has 39 heavy (non-hydrogen) atoms. The summed E-state index contributed by atoms with van der Waals surface area (Å²) < 4.78 is 2.50. The van der Waals surface area contributed by atoms with E-state index >= 15 is 0 Å². The lowest BCUT2D eigenvalue weighted by atomic mass is 9.94. The van der Waals surface area contributed by atoms with Crippen LogP contribution in [0.2, 0.25) is 0 Å². The van der Waals surface area contributed by atoms with E-state index in [1.807, 2.05) is 18.2 Å². The number of carbonyl (C=O) groups excluding carboxylic acids is 2. The number of hydrogen-bond acceptors (Lipinski definition) is 4. The number of likely N-dealkylation sites (N-methyl/N-ethyl adjacent to an activating group) is 1. The second kappa shape index (κ2) is 11.8. The normalized spacial score (nSPS) is 16.2. The van der Waals surface area contributed by atoms with Crippen LogP contribution >= 0.6 is 0 Å². The summed E-state index contributed by atoms with van der Waals surface area (Å²) in [6.45, 7) is 0.930. The van der Waals surface area contributed by atoms with Crippen LogP contribution in [0.15, 0.2) is 70.3 Å². The Balaban J connectivity index is 1.33. The van der Waals surface area contributed by atoms with Crippen molar-refractivity contribution in [1.82, 2.24) is 18.9 Å². The van der Waals surface area contributed by atoms with Crippen LogP contribution in [-0.4, -0.2) is 56.9 Å². The maximum Gasteiger partial charge on any atom is 0.331 e. The number of hydrogen-bond donors (Lipinski definition) is 0. The molecule has 2 aromatic carbocycles. The smallest absolute Gasteiger partial charge is 0.331 e. The molecule has 5 rings (SSSR count). The summed E-state index contributed by atoms with van der Waals surface area (Å²) in [7, 11) is 1.80. The minimum atomic E-state index is -0.554. The Hall–Kier alpha value is -3.94. The van der Waals surface area contributed by atoms with Gasteiger partial charge in [-0.05, 0) is 42.5 Å². The largest absolute Gasteiger partial charge is 0.341 e. The molecule has 1 aromatic heterocycles. The SMILES string of the molecule is CN(C(=O)Cn1c(=O)n(CCC(=O)N2CC=C(c3ccccc3)CC2)c(=O)c2ccccc21)C1CCCCC1. The molecule has 8 heteroatoms. The average molecular weight is 529 g/mol. The topological polar surface area (TPSA) is 84.6 Å². The zero-order valence-electron chi connectivity index (χ0n) is 22.6. The van der Waals surface area contributed by atoms with Gasteiger partial charge in [0.2, 0.25) is 11.8 Å². The van der Waals surface area contributed by atoms with Gasteiger partial charge in [-0.3, -0.25) is 23.5 Å². The number of aromatic nitrogens is 2. The Labute approximate surface area is 228 Å². The maximum atomic E-state index is 13.5. The van der Waals surface area contributed by atoms with Gasteiger partial charge in [0.25, 0.3) is 5.56 Å². The number of rotatable bonds is 7. The van der Waals surface area contributed by atoms with Crippen molar-refractivity contribution < 1.29 is 9.59 Å². The maximum absolute atomic E-state index is 13.5. The molecule has 0 bridgehead atoms. The summed E-state index contributed by atoms with van der Waals surface area (Å²) in [5, 5.41) is 0.367. The summed E-state index contributed by atoms with van der Waals surface area (Å²) in [6, 6.07) is 17.2. The van der Waals surface area contributed by atoms with Crippen molar-refractivity contribution in [3.63, 3.8) is 0 Å². The van der Waals surface area contributed by atoms with E-state index in [9.17, 15) is 19.2 Å². The molecule has 2 aliphatic rings. The van der Waals surface area contributed by atoms with E-state index < -0.39 is 11.2 Å². The van der Waals surface area contributed by atoms with Crippen molar-refractivity contribution in [3.8, 4) is 0 Å². The number of fused-ring (bicyclic) bond motifs is 1. The fraction of sp³-hybridized carbons (Fsp3) is 0.419. The van der Waals surface area contributed by atoms with Gasteiger partial charge in [0, 0.05) is 39.1 Å². The van der Waals surface area contributed by atoms with Crippen molar-refractivity contribution in [3.05, 3.63) is 87.1 Å². The third kappa shape index (κ3) is 5.75. The van der Waals surface area contributed by atoms with Gasteiger partial charge in [-0.2, -0.15) is 0 Å². The zero-order valence-corrected chi connectivity index (χ0v) is 22.6. The lowest BCUT2D eigenvalue weighted by molar-refractivity contribution is -0.133. The zero-order chi connectivity index (χ0) is 27.4. The molecule has 0 unspecified atom stereocenters. The van der Waals surface area contributed by atoms with E-state index in [0.717, 1.165) is 42.2 Å². The lowest BCUT2D eigenvalue weighted by Crippen LogP contribution is -2.45. The minimum Gasteiger partial charge on any atom is -0.341 e. The van der Waals surface area contributed by atoms with Crippen molar-refractivity contribution in [1.29, 1.82) is 0 Å². The van der Waals surface area contributed by atoms with E-state index in [1.165, 1.54) is 16.6 Å². The van der Waals surface area contributed by atoms with Crippen LogP contribution < -0.4 is 11.2 Å². The first-order valence-corrected chi connectivity index (χ1v) is 13.9. The molecule has 0 atom stereocenters. The van der Waals surface area contributed by atoms with Crippen molar-refractivity contribution in [2.24, 2.45) is 0 Å². The minimum absolute atomic E-state index is 0.0280. The van der Waals surface area contributed by atoms with Gasteiger partial charge in [-0.1, -0.05) is 67.8 Å². The first-order chi connectivity index (χ1) is 18.9. The highest BCUT2D eigenvalue weighted by molar-refractivity contribution is 5.82. The Kier molecular flexibility index (Phi) is 8.10. The third-order valence-electron chi connectivity index (χ3n) is 8.20. The van der Waals surface area contributed by atoms with Crippen LogP contribution in [0.1, 0.15) is 50.5 Å². The van der Waals surface area contributed by atoms with Crippen molar-refractivity contribution >= 4 is 28.3 Å².